The standard InChI is InChI=1S/C14H12N4OS/c1-10-8-20-14(17-10)18-16-6-11-3-2-4-12(5-11)13-7-15-9-19-13/h2-9H,1H3,(H,17,18). The Kier molecular flexibility index (Phi) is 3.56. The second kappa shape index (κ2) is 5.66. The summed E-state index contributed by atoms with van der Waals surface area (Å²) in [6.45, 7) is 1.95. The Balaban J connectivity index is 1.73. The van der Waals surface area contributed by atoms with E-state index in [4.69, 9.17) is 4.42 Å². The van der Waals surface area contributed by atoms with Gasteiger partial charge >= 0.3 is 0 Å². The Bertz CT molecular complexity index is 718. The minimum Gasteiger partial charge on any atom is -0.444 e. The van der Waals surface area contributed by atoms with Crippen LogP contribution in [0.25, 0.3) is 11.3 Å². The second-order valence-corrected chi connectivity index (χ2v) is 5.01. The molecule has 5 nitrogen and oxygen atoms in total. The maximum Gasteiger partial charge on any atom is 0.203 e. The van der Waals surface area contributed by atoms with Crippen LogP contribution in [0.1, 0.15) is 11.3 Å². The largest absolute Gasteiger partial charge is 0.444 e. The molecule has 0 atom stereocenters. The number of hydrogen-bond donors (Lipinski definition) is 1. The summed E-state index contributed by atoms with van der Waals surface area (Å²) in [6.07, 6.45) is 4.85. The van der Waals surface area contributed by atoms with Crippen LogP contribution in [0.15, 0.2) is 51.8 Å². The van der Waals surface area contributed by atoms with Crippen LogP contribution < -0.4 is 5.43 Å². The molecule has 0 spiro atoms. The van der Waals surface area contributed by atoms with Gasteiger partial charge in [-0.2, -0.15) is 5.10 Å². The molecule has 3 rings (SSSR count). The number of oxazole rings is 1. The van der Waals surface area contributed by atoms with Crippen molar-refractivity contribution in [3.05, 3.63) is 53.5 Å². The van der Waals surface area contributed by atoms with Gasteiger partial charge in [0.2, 0.25) is 5.13 Å². The Morgan fingerprint density at radius 3 is 3.10 bits per heavy atom. The van der Waals surface area contributed by atoms with E-state index in [2.05, 4.69) is 20.5 Å². The Morgan fingerprint density at radius 2 is 2.35 bits per heavy atom. The van der Waals surface area contributed by atoms with Crippen molar-refractivity contribution in [2.75, 3.05) is 5.43 Å². The number of nitrogens with one attached hydrogen (secondary N) is 1. The number of aryl methyl sites for hydroxylation is 1. The number of aromatic nitrogens is 2. The molecule has 0 aliphatic carbocycles. The normalized spacial score (nSPS) is 11.1. The van der Waals surface area contributed by atoms with Crippen LogP contribution in [0, 0.1) is 6.92 Å². The van der Waals surface area contributed by atoms with Gasteiger partial charge in [-0.3, -0.25) is 5.43 Å². The number of nitrogens with zero attached hydrogens (tertiary/aromatic N) is 3. The lowest BCUT2D eigenvalue weighted by atomic mass is 10.1. The van der Waals surface area contributed by atoms with Crippen molar-refractivity contribution < 1.29 is 4.42 Å². The summed E-state index contributed by atoms with van der Waals surface area (Å²) in [5.74, 6) is 0.740. The minimum atomic E-state index is 0.740. The van der Waals surface area contributed by atoms with Gasteiger partial charge in [0.25, 0.3) is 0 Å². The van der Waals surface area contributed by atoms with Gasteiger partial charge in [-0.15, -0.1) is 11.3 Å². The van der Waals surface area contributed by atoms with E-state index in [0.29, 0.717) is 0 Å². The van der Waals surface area contributed by atoms with Gasteiger partial charge in [-0.1, -0.05) is 18.2 Å². The molecule has 1 aromatic carbocycles. The molecule has 20 heavy (non-hydrogen) atoms. The third-order valence-electron chi connectivity index (χ3n) is 2.60. The van der Waals surface area contributed by atoms with E-state index in [9.17, 15) is 0 Å². The van der Waals surface area contributed by atoms with Crippen molar-refractivity contribution in [3.8, 4) is 11.3 Å². The molecule has 0 saturated heterocycles. The van der Waals surface area contributed by atoms with E-state index < -0.39 is 0 Å². The lowest BCUT2D eigenvalue weighted by Crippen LogP contribution is -1.90. The van der Waals surface area contributed by atoms with Crippen LogP contribution in [0.5, 0.6) is 0 Å². The first-order chi connectivity index (χ1) is 9.81. The number of hydrazone groups is 1. The predicted molar refractivity (Wildman–Crippen MR) is 80.0 cm³/mol. The predicted octanol–water partition coefficient (Wildman–Crippen LogP) is 3.55. The topological polar surface area (TPSA) is 63.3 Å². The molecule has 0 radical (unpaired) electrons. The fraction of sp³-hybridized carbons (Fsp3) is 0.0714. The van der Waals surface area contributed by atoms with Gasteiger partial charge in [0.15, 0.2) is 12.2 Å². The smallest absolute Gasteiger partial charge is 0.203 e. The summed E-state index contributed by atoms with van der Waals surface area (Å²) in [7, 11) is 0. The summed E-state index contributed by atoms with van der Waals surface area (Å²) in [5.41, 5.74) is 5.84. The van der Waals surface area contributed by atoms with Crippen molar-refractivity contribution in [1.82, 2.24) is 9.97 Å². The summed E-state index contributed by atoms with van der Waals surface area (Å²) in [5, 5.41) is 6.93. The molecule has 0 saturated carbocycles. The van der Waals surface area contributed by atoms with Gasteiger partial charge in [-0.05, 0) is 18.6 Å². The molecule has 1 N–H and O–H groups in total. The molecule has 3 aromatic rings. The zero-order chi connectivity index (χ0) is 13.8. The molecular formula is C14H12N4OS. The fourth-order valence-corrected chi connectivity index (χ4v) is 2.33. The third kappa shape index (κ3) is 2.92. The van der Waals surface area contributed by atoms with Gasteiger partial charge in [-0.25, -0.2) is 9.97 Å². The first-order valence-corrected chi connectivity index (χ1v) is 6.89. The quantitative estimate of drug-likeness (QED) is 0.588. The van der Waals surface area contributed by atoms with Crippen molar-refractivity contribution in [1.29, 1.82) is 0 Å². The molecule has 0 bridgehead atoms. The molecular weight excluding hydrogens is 272 g/mol. The highest BCUT2D eigenvalue weighted by molar-refractivity contribution is 7.13. The molecule has 0 aliphatic rings. The summed E-state index contributed by atoms with van der Waals surface area (Å²) in [4.78, 5) is 8.18. The number of anilines is 1. The first-order valence-electron chi connectivity index (χ1n) is 6.01. The number of hydrogen-bond acceptors (Lipinski definition) is 6. The van der Waals surface area contributed by atoms with Gasteiger partial charge in [0.1, 0.15) is 0 Å². The SMILES string of the molecule is Cc1csc(NN=Cc2cccc(-c3cnco3)c2)n1. The molecule has 0 amide bonds. The molecule has 0 aliphatic heterocycles. The summed E-state index contributed by atoms with van der Waals surface area (Å²) in [6, 6.07) is 7.87. The lowest BCUT2D eigenvalue weighted by molar-refractivity contribution is 0.572. The van der Waals surface area contributed by atoms with Crippen molar-refractivity contribution in [3.63, 3.8) is 0 Å². The maximum atomic E-state index is 5.27. The zero-order valence-electron chi connectivity index (χ0n) is 10.8. The highest BCUT2D eigenvalue weighted by atomic mass is 32.1. The van der Waals surface area contributed by atoms with Crippen molar-refractivity contribution >= 4 is 22.7 Å². The number of benzene rings is 1. The average molecular weight is 284 g/mol. The Hall–Kier alpha value is -2.47. The van der Waals surface area contributed by atoms with Crippen molar-refractivity contribution in [2.45, 2.75) is 6.92 Å². The van der Waals surface area contributed by atoms with Crippen LogP contribution in [0.4, 0.5) is 5.13 Å². The fourth-order valence-electron chi connectivity index (χ4n) is 1.70. The highest BCUT2D eigenvalue weighted by Gasteiger charge is 2.01. The van der Waals surface area contributed by atoms with E-state index in [0.717, 1.165) is 27.7 Å². The zero-order valence-corrected chi connectivity index (χ0v) is 11.6. The van der Waals surface area contributed by atoms with E-state index in [1.807, 2.05) is 36.6 Å². The lowest BCUT2D eigenvalue weighted by Gasteiger charge is -1.98. The van der Waals surface area contributed by atoms with E-state index in [-0.39, 0.29) is 0 Å². The van der Waals surface area contributed by atoms with Crippen LogP contribution in [0.3, 0.4) is 0 Å². The van der Waals surface area contributed by atoms with Gasteiger partial charge in [0.05, 0.1) is 18.1 Å². The van der Waals surface area contributed by atoms with E-state index in [1.165, 1.54) is 17.7 Å². The van der Waals surface area contributed by atoms with Crippen LogP contribution in [0.2, 0.25) is 0 Å². The maximum absolute atomic E-state index is 5.27. The third-order valence-corrected chi connectivity index (χ3v) is 3.46. The minimum absolute atomic E-state index is 0.740. The molecule has 100 valence electrons. The van der Waals surface area contributed by atoms with Gasteiger partial charge in [0, 0.05) is 10.9 Å². The summed E-state index contributed by atoms with van der Waals surface area (Å²) < 4.78 is 5.27. The first kappa shape index (κ1) is 12.6. The summed E-state index contributed by atoms with van der Waals surface area (Å²) >= 11 is 1.53. The van der Waals surface area contributed by atoms with E-state index >= 15 is 0 Å². The van der Waals surface area contributed by atoms with Crippen LogP contribution in [-0.4, -0.2) is 16.2 Å². The van der Waals surface area contributed by atoms with Crippen LogP contribution >= 0.6 is 11.3 Å². The van der Waals surface area contributed by atoms with E-state index in [1.54, 1.807) is 12.4 Å². The molecule has 0 unspecified atom stereocenters. The Morgan fingerprint density at radius 1 is 1.40 bits per heavy atom. The van der Waals surface area contributed by atoms with Crippen LogP contribution in [-0.2, 0) is 0 Å². The molecule has 0 fully saturated rings. The second-order valence-electron chi connectivity index (χ2n) is 4.16. The van der Waals surface area contributed by atoms with Gasteiger partial charge < -0.3 is 4.42 Å². The molecule has 2 heterocycles. The average Bonchev–Trinajstić information content (AvgIpc) is 3.11. The molecule has 2 aromatic heterocycles. The van der Waals surface area contributed by atoms with Crippen molar-refractivity contribution in [2.24, 2.45) is 5.10 Å². The Labute approximate surface area is 120 Å². The number of rotatable bonds is 4. The number of thiazole rings is 1. The monoisotopic (exact) mass is 284 g/mol. The highest BCUT2D eigenvalue weighted by Crippen LogP contribution is 2.19. The molecule has 6 heteroatoms.